The molecule has 0 N–H and O–H groups in total. The van der Waals surface area contributed by atoms with E-state index in [1.165, 1.54) is 27.2 Å². The highest BCUT2D eigenvalue weighted by molar-refractivity contribution is 9.10. The minimum atomic E-state index is 0.510. The van der Waals surface area contributed by atoms with Crippen LogP contribution in [0.25, 0.3) is 11.6 Å². The van der Waals surface area contributed by atoms with Crippen LogP contribution in [0.3, 0.4) is 0 Å². The smallest absolute Gasteiger partial charge is 0.0606 e. The van der Waals surface area contributed by atoms with Gasteiger partial charge in [0.15, 0.2) is 0 Å². The Balaban J connectivity index is 1.93. The molecule has 0 fully saturated rings. The van der Waals surface area contributed by atoms with Crippen molar-refractivity contribution in [3.63, 3.8) is 0 Å². The first-order chi connectivity index (χ1) is 8.33. The van der Waals surface area contributed by atoms with Crippen LogP contribution in [-0.2, 0) is 0 Å². The molecule has 82 valence electrons. The summed E-state index contributed by atoms with van der Waals surface area (Å²) in [6.45, 7) is 0. The van der Waals surface area contributed by atoms with Crippen LogP contribution in [0.15, 0.2) is 51.8 Å². The van der Waals surface area contributed by atoms with Crippen molar-refractivity contribution >= 4 is 39.3 Å². The van der Waals surface area contributed by atoms with Gasteiger partial charge in [-0.2, -0.15) is 0 Å². The number of benzene rings is 2. The Kier molecular flexibility index (Phi) is 2.06. The normalized spacial score (nSPS) is 19.6. The molecule has 0 aromatic heterocycles. The lowest BCUT2D eigenvalue weighted by Crippen LogP contribution is -1.86. The van der Waals surface area contributed by atoms with E-state index >= 15 is 0 Å². The van der Waals surface area contributed by atoms with Gasteiger partial charge in [-0.25, -0.2) is 0 Å². The van der Waals surface area contributed by atoms with Gasteiger partial charge in [0.1, 0.15) is 0 Å². The monoisotopic (exact) mass is 300 g/mol. The highest BCUT2D eigenvalue weighted by Gasteiger charge is 2.33. The van der Waals surface area contributed by atoms with E-state index in [-0.39, 0.29) is 0 Å². The van der Waals surface area contributed by atoms with Crippen molar-refractivity contribution in [2.24, 2.45) is 0 Å². The maximum absolute atomic E-state index is 3.54. The van der Waals surface area contributed by atoms with E-state index in [2.05, 4.69) is 64.5 Å². The molecular weight excluding hydrogens is 292 g/mol. The van der Waals surface area contributed by atoms with Gasteiger partial charge >= 0.3 is 0 Å². The standard InChI is InChI=1S/C15H9BrS/c16-10-5-6-11-9(7-10)8-13-12-3-1-2-4-14(12)17-15(11)13/h1-8,15H. The number of thioether (sulfide) groups is 1. The summed E-state index contributed by atoms with van der Waals surface area (Å²) in [5, 5.41) is 0.510. The van der Waals surface area contributed by atoms with E-state index in [0.717, 1.165) is 4.47 Å². The van der Waals surface area contributed by atoms with Crippen LogP contribution in [0.5, 0.6) is 0 Å². The van der Waals surface area contributed by atoms with Crippen LogP contribution < -0.4 is 0 Å². The van der Waals surface area contributed by atoms with Crippen molar-refractivity contribution in [3.8, 4) is 0 Å². The predicted molar refractivity (Wildman–Crippen MR) is 77.1 cm³/mol. The molecular formula is C15H9BrS. The Morgan fingerprint density at radius 1 is 1.06 bits per heavy atom. The third-order valence-corrected chi connectivity index (χ3v) is 5.21. The lowest BCUT2D eigenvalue weighted by molar-refractivity contribution is 1.29. The van der Waals surface area contributed by atoms with Gasteiger partial charge in [-0.15, -0.1) is 11.8 Å². The van der Waals surface area contributed by atoms with Gasteiger partial charge in [-0.1, -0.05) is 40.2 Å². The quantitative estimate of drug-likeness (QED) is 0.648. The number of hydrogen-bond acceptors (Lipinski definition) is 1. The lowest BCUT2D eigenvalue weighted by atomic mass is 10.0. The summed E-state index contributed by atoms with van der Waals surface area (Å²) in [6, 6.07) is 15.3. The summed E-state index contributed by atoms with van der Waals surface area (Å²) in [4.78, 5) is 1.41. The molecule has 2 aromatic rings. The van der Waals surface area contributed by atoms with Crippen LogP contribution in [0.2, 0.25) is 0 Å². The summed E-state index contributed by atoms with van der Waals surface area (Å²) in [5.74, 6) is 0. The number of halogens is 1. The molecule has 17 heavy (non-hydrogen) atoms. The van der Waals surface area contributed by atoms with Crippen molar-refractivity contribution in [1.82, 2.24) is 0 Å². The predicted octanol–water partition coefficient (Wildman–Crippen LogP) is 5.15. The zero-order valence-corrected chi connectivity index (χ0v) is 11.4. The highest BCUT2D eigenvalue weighted by atomic mass is 79.9. The largest absolute Gasteiger partial charge is 0.112 e. The molecule has 1 unspecified atom stereocenters. The summed E-state index contributed by atoms with van der Waals surface area (Å²) in [5.41, 5.74) is 5.69. The van der Waals surface area contributed by atoms with Crippen molar-refractivity contribution in [2.45, 2.75) is 10.1 Å². The second-order valence-corrected chi connectivity index (χ2v) is 6.43. The van der Waals surface area contributed by atoms with E-state index in [1.807, 2.05) is 11.8 Å². The lowest BCUT2D eigenvalue weighted by Gasteiger charge is -2.07. The fourth-order valence-electron chi connectivity index (χ4n) is 2.60. The van der Waals surface area contributed by atoms with Crippen LogP contribution in [0.1, 0.15) is 21.9 Å². The van der Waals surface area contributed by atoms with Crippen LogP contribution in [0, 0.1) is 0 Å². The minimum absolute atomic E-state index is 0.510. The fraction of sp³-hybridized carbons (Fsp3) is 0.0667. The second kappa shape index (κ2) is 3.50. The van der Waals surface area contributed by atoms with Gasteiger partial charge in [0.05, 0.1) is 5.25 Å². The third-order valence-electron chi connectivity index (χ3n) is 3.37. The molecule has 1 heterocycles. The SMILES string of the molecule is Brc1ccc2c(c1)C=C1c3ccccc3SC12. The number of fused-ring (bicyclic) bond motifs is 5. The summed E-state index contributed by atoms with van der Waals surface area (Å²) >= 11 is 5.51. The summed E-state index contributed by atoms with van der Waals surface area (Å²) < 4.78 is 1.16. The van der Waals surface area contributed by atoms with E-state index in [1.54, 1.807) is 0 Å². The van der Waals surface area contributed by atoms with Gasteiger partial charge in [-0.3, -0.25) is 0 Å². The molecule has 0 saturated heterocycles. The average molecular weight is 301 g/mol. The third kappa shape index (κ3) is 1.37. The van der Waals surface area contributed by atoms with Gasteiger partial charge in [-0.05, 0) is 46.5 Å². The van der Waals surface area contributed by atoms with Crippen molar-refractivity contribution in [1.29, 1.82) is 0 Å². The zero-order chi connectivity index (χ0) is 11.4. The molecule has 0 saturated carbocycles. The van der Waals surface area contributed by atoms with E-state index < -0.39 is 0 Å². The Bertz CT molecular complexity index is 658. The second-order valence-electron chi connectivity index (χ2n) is 4.37. The first kappa shape index (κ1) is 9.98. The molecule has 1 aliphatic carbocycles. The first-order valence-electron chi connectivity index (χ1n) is 5.60. The van der Waals surface area contributed by atoms with Crippen molar-refractivity contribution in [3.05, 3.63) is 63.6 Å². The molecule has 0 spiro atoms. The van der Waals surface area contributed by atoms with Crippen molar-refractivity contribution < 1.29 is 0 Å². The van der Waals surface area contributed by atoms with Crippen LogP contribution >= 0.6 is 27.7 Å². The van der Waals surface area contributed by atoms with Crippen LogP contribution in [0.4, 0.5) is 0 Å². The zero-order valence-electron chi connectivity index (χ0n) is 8.98. The minimum Gasteiger partial charge on any atom is -0.112 e. The van der Waals surface area contributed by atoms with Gasteiger partial charge < -0.3 is 0 Å². The molecule has 2 aromatic carbocycles. The topological polar surface area (TPSA) is 0 Å². The molecule has 0 bridgehead atoms. The van der Waals surface area contributed by atoms with Crippen molar-refractivity contribution in [2.75, 3.05) is 0 Å². The number of rotatable bonds is 0. The van der Waals surface area contributed by atoms with Gasteiger partial charge in [0, 0.05) is 9.37 Å². The number of hydrogen-bond donors (Lipinski definition) is 0. The molecule has 2 heteroatoms. The molecule has 1 atom stereocenters. The van der Waals surface area contributed by atoms with E-state index in [4.69, 9.17) is 0 Å². The molecule has 0 nitrogen and oxygen atoms in total. The van der Waals surface area contributed by atoms with E-state index in [0.29, 0.717) is 5.25 Å². The first-order valence-corrected chi connectivity index (χ1v) is 7.27. The molecule has 0 amide bonds. The Hall–Kier alpha value is -0.990. The molecule has 4 rings (SSSR count). The average Bonchev–Trinajstić information content (AvgIpc) is 2.84. The molecule has 1 aliphatic heterocycles. The summed E-state index contributed by atoms with van der Waals surface area (Å²) in [7, 11) is 0. The highest BCUT2D eigenvalue weighted by Crippen LogP contribution is 2.58. The van der Waals surface area contributed by atoms with E-state index in [9.17, 15) is 0 Å². The summed E-state index contributed by atoms with van der Waals surface area (Å²) in [6.07, 6.45) is 2.34. The molecule has 2 aliphatic rings. The Morgan fingerprint density at radius 2 is 1.94 bits per heavy atom. The maximum Gasteiger partial charge on any atom is 0.0606 e. The van der Waals surface area contributed by atoms with Gasteiger partial charge in [0.25, 0.3) is 0 Å². The fourth-order valence-corrected chi connectivity index (χ4v) is 4.37. The Labute approximate surface area is 113 Å². The Morgan fingerprint density at radius 3 is 2.88 bits per heavy atom. The van der Waals surface area contributed by atoms with Gasteiger partial charge in [0.2, 0.25) is 0 Å². The van der Waals surface area contributed by atoms with Crippen LogP contribution in [-0.4, -0.2) is 0 Å². The molecule has 0 radical (unpaired) electrons. The maximum atomic E-state index is 3.54.